The van der Waals surface area contributed by atoms with Gasteiger partial charge in [-0.2, -0.15) is 4.98 Å². The molecule has 7 heteroatoms. The maximum atomic E-state index is 12.6. The molecule has 1 atom stereocenters. The Morgan fingerprint density at radius 1 is 1.18 bits per heavy atom. The fourth-order valence-electron chi connectivity index (χ4n) is 3.56. The summed E-state index contributed by atoms with van der Waals surface area (Å²) in [5, 5.41) is 5.16. The predicted molar refractivity (Wildman–Crippen MR) is 106 cm³/mol. The van der Waals surface area contributed by atoms with E-state index in [0.717, 1.165) is 17.2 Å². The van der Waals surface area contributed by atoms with Crippen molar-refractivity contribution < 1.29 is 9.21 Å². The van der Waals surface area contributed by atoms with E-state index in [9.17, 15) is 4.79 Å². The van der Waals surface area contributed by atoms with E-state index in [1.807, 2.05) is 24.3 Å². The van der Waals surface area contributed by atoms with Gasteiger partial charge >= 0.3 is 0 Å². The number of furan rings is 1. The molecule has 3 aromatic heterocycles. The normalized spacial score (nSPS) is 16.5. The van der Waals surface area contributed by atoms with E-state index < -0.39 is 0 Å². The molecule has 5 rings (SSSR count). The summed E-state index contributed by atoms with van der Waals surface area (Å²) in [7, 11) is 0. The van der Waals surface area contributed by atoms with Crippen LogP contribution < -0.4 is 0 Å². The molecule has 1 aliphatic rings. The highest BCUT2D eigenvalue weighted by molar-refractivity contribution is 7.98. The maximum Gasteiger partial charge on any atom is 0.253 e. The van der Waals surface area contributed by atoms with Crippen molar-refractivity contribution in [3.05, 3.63) is 77.0 Å². The van der Waals surface area contributed by atoms with Crippen molar-refractivity contribution in [3.8, 4) is 0 Å². The van der Waals surface area contributed by atoms with Gasteiger partial charge in [-0.3, -0.25) is 4.79 Å². The lowest BCUT2D eigenvalue weighted by Gasteiger charge is -2.20. The molecule has 0 amide bonds. The minimum Gasteiger partial charge on any atom is -0.469 e. The first kappa shape index (κ1) is 17.2. The fraction of sp³-hybridized carbons (Fsp3) is 0.238. The van der Waals surface area contributed by atoms with Gasteiger partial charge in [-0.15, -0.1) is 5.10 Å². The SMILES string of the molecule is Cc1ccccc1CSc1nc2nc3c(cn2n1)C(=O)CC(c1ccco1)C3. The molecule has 0 aliphatic heterocycles. The number of thioether (sulfide) groups is 1. The van der Waals surface area contributed by atoms with Crippen LogP contribution in [0.2, 0.25) is 0 Å². The lowest BCUT2D eigenvalue weighted by Crippen LogP contribution is -2.21. The smallest absolute Gasteiger partial charge is 0.253 e. The highest BCUT2D eigenvalue weighted by Crippen LogP contribution is 2.32. The van der Waals surface area contributed by atoms with E-state index in [2.05, 4.69) is 34.1 Å². The predicted octanol–water partition coefficient (Wildman–Crippen LogP) is 4.23. The van der Waals surface area contributed by atoms with Gasteiger partial charge in [-0.25, -0.2) is 9.50 Å². The Balaban J connectivity index is 1.42. The molecule has 0 radical (unpaired) electrons. The van der Waals surface area contributed by atoms with Crippen LogP contribution in [-0.2, 0) is 12.2 Å². The quantitative estimate of drug-likeness (QED) is 0.486. The molecule has 140 valence electrons. The van der Waals surface area contributed by atoms with Gasteiger partial charge in [0.05, 0.1) is 17.5 Å². The Morgan fingerprint density at radius 3 is 2.89 bits per heavy atom. The molecule has 3 heterocycles. The van der Waals surface area contributed by atoms with Crippen molar-refractivity contribution >= 4 is 23.3 Å². The third kappa shape index (κ3) is 3.11. The van der Waals surface area contributed by atoms with Crippen molar-refractivity contribution in [2.24, 2.45) is 0 Å². The average Bonchev–Trinajstić information content (AvgIpc) is 3.35. The summed E-state index contributed by atoms with van der Waals surface area (Å²) in [6, 6.07) is 12.1. The number of fused-ring (bicyclic) bond motifs is 2. The minimum atomic E-state index is 0.0303. The molecule has 0 saturated heterocycles. The molecule has 0 bridgehead atoms. The number of aromatic nitrogens is 4. The Morgan fingerprint density at radius 2 is 2.07 bits per heavy atom. The monoisotopic (exact) mass is 390 g/mol. The number of aryl methyl sites for hydroxylation is 1. The van der Waals surface area contributed by atoms with Gasteiger partial charge in [0.25, 0.3) is 5.78 Å². The maximum absolute atomic E-state index is 12.6. The Hall–Kier alpha value is -2.93. The van der Waals surface area contributed by atoms with Crippen molar-refractivity contribution in [2.45, 2.75) is 36.6 Å². The zero-order chi connectivity index (χ0) is 19.1. The highest BCUT2D eigenvalue weighted by Gasteiger charge is 2.30. The number of benzene rings is 1. The molecule has 4 aromatic rings. The van der Waals surface area contributed by atoms with E-state index in [1.165, 1.54) is 11.1 Å². The van der Waals surface area contributed by atoms with Gasteiger partial charge in [0.1, 0.15) is 5.76 Å². The molecule has 1 unspecified atom stereocenters. The second-order valence-electron chi connectivity index (χ2n) is 7.00. The number of carbonyl (C=O) groups is 1. The van der Waals surface area contributed by atoms with Crippen molar-refractivity contribution in [1.82, 2.24) is 19.6 Å². The molecule has 28 heavy (non-hydrogen) atoms. The molecule has 0 fully saturated rings. The van der Waals surface area contributed by atoms with Crippen LogP contribution in [0, 0.1) is 6.92 Å². The van der Waals surface area contributed by atoms with Crippen LogP contribution in [0.1, 0.15) is 45.3 Å². The van der Waals surface area contributed by atoms with Gasteiger partial charge in [-0.1, -0.05) is 36.0 Å². The van der Waals surface area contributed by atoms with Crippen LogP contribution in [0.25, 0.3) is 5.78 Å². The van der Waals surface area contributed by atoms with E-state index in [4.69, 9.17) is 4.42 Å². The van der Waals surface area contributed by atoms with Crippen LogP contribution in [-0.4, -0.2) is 25.4 Å². The zero-order valence-electron chi connectivity index (χ0n) is 15.3. The van der Waals surface area contributed by atoms with Crippen LogP contribution in [0.15, 0.2) is 58.4 Å². The topological polar surface area (TPSA) is 73.3 Å². The molecular weight excluding hydrogens is 372 g/mol. The highest BCUT2D eigenvalue weighted by atomic mass is 32.2. The van der Waals surface area contributed by atoms with E-state index >= 15 is 0 Å². The first-order valence-corrected chi connectivity index (χ1v) is 10.2. The third-order valence-corrected chi connectivity index (χ3v) is 6.01. The molecule has 6 nitrogen and oxygen atoms in total. The number of hydrogen-bond acceptors (Lipinski definition) is 6. The summed E-state index contributed by atoms with van der Waals surface area (Å²) in [4.78, 5) is 21.8. The molecule has 0 spiro atoms. The Labute approximate surface area is 166 Å². The zero-order valence-corrected chi connectivity index (χ0v) is 16.1. The number of ketones is 1. The van der Waals surface area contributed by atoms with Crippen LogP contribution >= 0.6 is 11.8 Å². The van der Waals surface area contributed by atoms with Crippen LogP contribution in [0.4, 0.5) is 0 Å². The van der Waals surface area contributed by atoms with E-state index in [0.29, 0.717) is 29.3 Å². The summed E-state index contributed by atoms with van der Waals surface area (Å²) in [5.41, 5.74) is 3.92. The van der Waals surface area contributed by atoms with Gasteiger partial charge in [0.2, 0.25) is 5.16 Å². The molecule has 1 aromatic carbocycles. The number of carbonyl (C=O) groups excluding carboxylic acids is 1. The molecule has 0 saturated carbocycles. The van der Waals surface area contributed by atoms with Gasteiger partial charge in [-0.05, 0) is 30.2 Å². The largest absolute Gasteiger partial charge is 0.469 e. The summed E-state index contributed by atoms with van der Waals surface area (Å²) in [5.74, 6) is 2.25. The minimum absolute atomic E-state index is 0.0303. The summed E-state index contributed by atoms with van der Waals surface area (Å²) < 4.78 is 7.11. The Kier molecular flexibility index (Phi) is 4.24. The lowest BCUT2D eigenvalue weighted by atomic mass is 9.85. The molecule has 1 aliphatic carbocycles. The summed E-state index contributed by atoms with van der Waals surface area (Å²) >= 11 is 1.57. The second kappa shape index (κ2) is 6.91. The molecule has 0 N–H and O–H groups in total. The average molecular weight is 390 g/mol. The van der Waals surface area contributed by atoms with Gasteiger partial charge in [0.15, 0.2) is 5.78 Å². The number of rotatable bonds is 4. The van der Waals surface area contributed by atoms with E-state index in [-0.39, 0.29) is 11.7 Å². The van der Waals surface area contributed by atoms with Crippen LogP contribution in [0.5, 0.6) is 0 Å². The Bertz CT molecular complexity index is 1170. The van der Waals surface area contributed by atoms with E-state index in [1.54, 1.807) is 28.7 Å². The number of nitrogens with zero attached hydrogens (tertiary/aromatic N) is 4. The molecular formula is C21H18N4O2S. The fourth-order valence-corrected chi connectivity index (χ4v) is 4.47. The van der Waals surface area contributed by atoms with Crippen molar-refractivity contribution in [2.75, 3.05) is 0 Å². The third-order valence-electron chi connectivity index (χ3n) is 5.13. The lowest BCUT2D eigenvalue weighted by molar-refractivity contribution is 0.0958. The van der Waals surface area contributed by atoms with Gasteiger partial charge in [0, 0.05) is 30.7 Å². The van der Waals surface area contributed by atoms with Crippen molar-refractivity contribution in [3.63, 3.8) is 0 Å². The summed E-state index contributed by atoms with van der Waals surface area (Å²) in [6.07, 6.45) is 4.51. The summed E-state index contributed by atoms with van der Waals surface area (Å²) in [6.45, 7) is 2.10. The standard InChI is InChI=1S/C21H18N4O2S/c1-13-5-2-3-6-14(13)12-28-21-23-20-22-17-9-15(19-7-4-8-27-19)10-18(26)16(17)11-25(20)24-21/h2-8,11,15H,9-10,12H2,1H3. The van der Waals surface area contributed by atoms with Crippen LogP contribution in [0.3, 0.4) is 0 Å². The van der Waals surface area contributed by atoms with Crippen molar-refractivity contribution in [1.29, 1.82) is 0 Å². The first-order chi connectivity index (χ1) is 13.7. The van der Waals surface area contributed by atoms with Gasteiger partial charge < -0.3 is 4.42 Å². The second-order valence-corrected chi connectivity index (χ2v) is 7.94. The number of hydrogen-bond donors (Lipinski definition) is 0. The first-order valence-electron chi connectivity index (χ1n) is 9.17. The number of Topliss-reactive ketones (excluding diaryl/α,β-unsaturated/α-hetero) is 1.